The van der Waals surface area contributed by atoms with Crippen LogP contribution in [-0.2, 0) is 6.42 Å². The highest BCUT2D eigenvalue weighted by Crippen LogP contribution is 2.15. The fourth-order valence-corrected chi connectivity index (χ4v) is 1.68. The molecular formula is C11H12N4O. The van der Waals surface area contributed by atoms with Crippen LogP contribution in [0.4, 0.5) is 0 Å². The van der Waals surface area contributed by atoms with Gasteiger partial charge in [-0.05, 0) is 31.1 Å². The topological polar surface area (TPSA) is 63.8 Å². The Balaban J connectivity index is 1.77. The molecule has 1 saturated heterocycles. The molecule has 1 N–H and O–H groups in total. The lowest BCUT2D eigenvalue weighted by molar-refractivity contribution is 0.296. The van der Waals surface area contributed by atoms with Gasteiger partial charge in [0.15, 0.2) is 0 Å². The molecule has 0 unspecified atom stereocenters. The van der Waals surface area contributed by atoms with E-state index < -0.39 is 0 Å². The third kappa shape index (κ3) is 1.81. The predicted octanol–water partition coefficient (Wildman–Crippen LogP) is 0.893. The zero-order chi connectivity index (χ0) is 10.8. The lowest BCUT2D eigenvalue weighted by atomic mass is 10.00. The van der Waals surface area contributed by atoms with E-state index in [4.69, 9.17) is 4.52 Å². The molecule has 1 aliphatic heterocycles. The van der Waals surface area contributed by atoms with Crippen molar-refractivity contribution in [3.05, 3.63) is 30.3 Å². The third-order valence-corrected chi connectivity index (χ3v) is 2.69. The molecule has 2 aromatic heterocycles. The normalized spacial score (nSPS) is 16.0. The fraction of sp³-hybridized carbons (Fsp3) is 0.364. The largest absolute Gasteiger partial charge is 0.339 e. The van der Waals surface area contributed by atoms with Crippen molar-refractivity contribution >= 4 is 0 Å². The molecule has 5 heteroatoms. The van der Waals surface area contributed by atoms with Crippen molar-refractivity contribution < 1.29 is 4.52 Å². The van der Waals surface area contributed by atoms with Crippen LogP contribution in [0.2, 0.25) is 0 Å². The van der Waals surface area contributed by atoms with Crippen LogP contribution in [0.5, 0.6) is 0 Å². The Hall–Kier alpha value is -1.75. The van der Waals surface area contributed by atoms with Crippen molar-refractivity contribution in [2.75, 3.05) is 13.1 Å². The Morgan fingerprint density at radius 2 is 2.31 bits per heavy atom. The van der Waals surface area contributed by atoms with Gasteiger partial charge in [-0.15, -0.1) is 0 Å². The monoisotopic (exact) mass is 216 g/mol. The van der Waals surface area contributed by atoms with Crippen LogP contribution in [-0.4, -0.2) is 28.2 Å². The number of pyridine rings is 1. The first kappa shape index (κ1) is 9.47. The van der Waals surface area contributed by atoms with E-state index in [1.165, 1.54) is 0 Å². The lowest BCUT2D eigenvalue weighted by Gasteiger charge is -2.25. The first-order chi connectivity index (χ1) is 7.92. The number of nitrogens with zero attached hydrogens (tertiary/aromatic N) is 3. The Morgan fingerprint density at radius 1 is 1.38 bits per heavy atom. The van der Waals surface area contributed by atoms with E-state index in [1.807, 2.05) is 18.2 Å². The van der Waals surface area contributed by atoms with Crippen molar-refractivity contribution in [1.82, 2.24) is 20.4 Å². The second-order valence-electron chi connectivity index (χ2n) is 3.96. The summed E-state index contributed by atoms with van der Waals surface area (Å²) in [7, 11) is 0. The summed E-state index contributed by atoms with van der Waals surface area (Å²) in [6, 6.07) is 5.65. The van der Waals surface area contributed by atoms with Crippen molar-refractivity contribution in [1.29, 1.82) is 0 Å². The highest BCUT2D eigenvalue weighted by molar-refractivity contribution is 5.46. The van der Waals surface area contributed by atoms with Crippen molar-refractivity contribution in [3.8, 4) is 11.5 Å². The number of aromatic nitrogens is 3. The number of nitrogens with one attached hydrogen (secondary N) is 1. The maximum Gasteiger partial charge on any atom is 0.227 e. The van der Waals surface area contributed by atoms with Gasteiger partial charge in [-0.3, -0.25) is 4.98 Å². The summed E-state index contributed by atoms with van der Waals surface area (Å²) < 4.78 is 5.20. The number of hydrogen-bond acceptors (Lipinski definition) is 5. The summed E-state index contributed by atoms with van der Waals surface area (Å²) >= 11 is 0. The molecule has 0 aromatic carbocycles. The van der Waals surface area contributed by atoms with E-state index in [2.05, 4.69) is 20.4 Å². The summed E-state index contributed by atoms with van der Waals surface area (Å²) in [4.78, 5) is 8.51. The molecule has 0 saturated carbocycles. The number of hydrogen-bond donors (Lipinski definition) is 1. The van der Waals surface area contributed by atoms with Gasteiger partial charge >= 0.3 is 0 Å². The van der Waals surface area contributed by atoms with Crippen molar-refractivity contribution in [2.24, 2.45) is 5.92 Å². The molecule has 0 atom stereocenters. The van der Waals surface area contributed by atoms with E-state index in [9.17, 15) is 0 Å². The van der Waals surface area contributed by atoms with Gasteiger partial charge in [-0.1, -0.05) is 11.2 Å². The molecule has 0 spiro atoms. The quantitative estimate of drug-likeness (QED) is 0.825. The average molecular weight is 216 g/mol. The van der Waals surface area contributed by atoms with Crippen LogP contribution >= 0.6 is 0 Å². The lowest BCUT2D eigenvalue weighted by Crippen LogP contribution is -2.43. The van der Waals surface area contributed by atoms with Crippen LogP contribution in [0.1, 0.15) is 5.89 Å². The Kier molecular flexibility index (Phi) is 2.38. The number of rotatable bonds is 3. The van der Waals surface area contributed by atoms with Gasteiger partial charge in [0.05, 0.1) is 0 Å². The summed E-state index contributed by atoms with van der Waals surface area (Å²) in [6.07, 6.45) is 2.58. The minimum absolute atomic E-state index is 0.572. The van der Waals surface area contributed by atoms with E-state index in [1.54, 1.807) is 6.20 Å². The first-order valence-electron chi connectivity index (χ1n) is 5.36. The minimum Gasteiger partial charge on any atom is -0.339 e. The van der Waals surface area contributed by atoms with Gasteiger partial charge in [0.25, 0.3) is 0 Å². The molecule has 0 aliphatic carbocycles. The molecule has 1 fully saturated rings. The predicted molar refractivity (Wildman–Crippen MR) is 57.6 cm³/mol. The maximum absolute atomic E-state index is 5.20. The standard InChI is InChI=1S/C11H12N4O/c1-2-4-13-9(3-1)11-14-10(16-15-11)5-8-6-12-7-8/h1-4,8,12H,5-7H2. The molecule has 0 radical (unpaired) electrons. The zero-order valence-electron chi connectivity index (χ0n) is 8.76. The average Bonchev–Trinajstić information content (AvgIpc) is 2.73. The van der Waals surface area contributed by atoms with Crippen LogP contribution in [0.15, 0.2) is 28.9 Å². The second-order valence-corrected chi connectivity index (χ2v) is 3.96. The third-order valence-electron chi connectivity index (χ3n) is 2.69. The molecule has 82 valence electrons. The van der Waals surface area contributed by atoms with Gasteiger partial charge in [-0.25, -0.2) is 0 Å². The summed E-state index contributed by atoms with van der Waals surface area (Å²) in [5.41, 5.74) is 0.754. The minimum atomic E-state index is 0.572. The Bertz CT molecular complexity index is 464. The molecular weight excluding hydrogens is 204 g/mol. The molecule has 16 heavy (non-hydrogen) atoms. The zero-order valence-corrected chi connectivity index (χ0v) is 8.76. The molecule has 3 heterocycles. The van der Waals surface area contributed by atoms with Gasteiger partial charge in [0, 0.05) is 12.6 Å². The summed E-state index contributed by atoms with van der Waals surface area (Å²) in [5, 5.41) is 7.15. The van der Waals surface area contributed by atoms with Crippen LogP contribution < -0.4 is 5.32 Å². The van der Waals surface area contributed by atoms with Gasteiger partial charge in [0.2, 0.25) is 11.7 Å². The molecule has 2 aromatic rings. The second kappa shape index (κ2) is 4.02. The summed E-state index contributed by atoms with van der Waals surface area (Å²) in [5.74, 6) is 1.91. The first-order valence-corrected chi connectivity index (χ1v) is 5.36. The molecule has 3 rings (SSSR count). The van der Waals surface area contributed by atoms with Crippen molar-refractivity contribution in [2.45, 2.75) is 6.42 Å². The smallest absolute Gasteiger partial charge is 0.227 e. The SMILES string of the molecule is c1ccc(-c2noc(CC3CNC3)n2)nc1. The van der Waals surface area contributed by atoms with Gasteiger partial charge in [0.1, 0.15) is 5.69 Å². The highest BCUT2D eigenvalue weighted by atomic mass is 16.5. The molecule has 0 amide bonds. The van der Waals surface area contributed by atoms with E-state index in [0.29, 0.717) is 17.6 Å². The molecule has 0 bridgehead atoms. The van der Waals surface area contributed by atoms with E-state index >= 15 is 0 Å². The Morgan fingerprint density at radius 3 is 3.00 bits per heavy atom. The van der Waals surface area contributed by atoms with Gasteiger partial charge in [-0.2, -0.15) is 4.98 Å². The van der Waals surface area contributed by atoms with E-state index in [0.717, 1.165) is 25.2 Å². The van der Waals surface area contributed by atoms with Crippen molar-refractivity contribution in [3.63, 3.8) is 0 Å². The highest BCUT2D eigenvalue weighted by Gasteiger charge is 2.20. The van der Waals surface area contributed by atoms with E-state index in [-0.39, 0.29) is 0 Å². The van der Waals surface area contributed by atoms with Crippen LogP contribution in [0.3, 0.4) is 0 Å². The molecule has 5 nitrogen and oxygen atoms in total. The maximum atomic E-state index is 5.20. The van der Waals surface area contributed by atoms with Crippen LogP contribution in [0, 0.1) is 5.92 Å². The summed E-state index contributed by atoms with van der Waals surface area (Å²) in [6.45, 7) is 2.09. The van der Waals surface area contributed by atoms with Crippen LogP contribution in [0.25, 0.3) is 11.5 Å². The molecule has 1 aliphatic rings. The Labute approximate surface area is 92.9 Å². The fourth-order valence-electron chi connectivity index (χ4n) is 1.68. The van der Waals surface area contributed by atoms with Gasteiger partial charge < -0.3 is 9.84 Å².